The van der Waals surface area contributed by atoms with Crippen molar-refractivity contribution in [1.82, 2.24) is 0 Å². The van der Waals surface area contributed by atoms with Gasteiger partial charge in [-0.3, -0.25) is 4.79 Å². The number of hydrogen-bond donors (Lipinski definition) is 1. The molecule has 0 spiro atoms. The van der Waals surface area contributed by atoms with Crippen LogP contribution in [-0.4, -0.2) is 32.5 Å². The van der Waals surface area contributed by atoms with Gasteiger partial charge < -0.3 is 15.2 Å². The zero-order valence-corrected chi connectivity index (χ0v) is 16.7. The summed E-state index contributed by atoms with van der Waals surface area (Å²) in [7, 11) is -1.86. The Hall–Kier alpha value is -1.67. The fourth-order valence-corrected chi connectivity index (χ4v) is 3.31. The number of nitrogen functional groups attached to an aromatic ring is 1. The topological polar surface area (TPSA) is 78.6 Å². The summed E-state index contributed by atoms with van der Waals surface area (Å²) in [5.74, 6) is -6.69. The Morgan fingerprint density at radius 1 is 1.24 bits per heavy atom. The number of rotatable bonds is 6. The van der Waals surface area contributed by atoms with Crippen LogP contribution in [0.15, 0.2) is 18.2 Å². The first-order valence-electron chi connectivity index (χ1n) is 7.52. The van der Waals surface area contributed by atoms with E-state index in [-0.39, 0.29) is 30.3 Å². The largest absolute Gasteiger partial charge is 0.461 e. The van der Waals surface area contributed by atoms with Crippen molar-refractivity contribution >= 4 is 43.3 Å². The Labute approximate surface area is 153 Å². The second-order valence-electron chi connectivity index (χ2n) is 6.47. The molecule has 0 saturated heterocycles. The van der Waals surface area contributed by atoms with Crippen LogP contribution in [0.4, 0.5) is 14.5 Å². The summed E-state index contributed by atoms with van der Waals surface area (Å²) in [6.45, 7) is 8.28. The molecule has 0 aliphatic carbocycles. The predicted octanol–water partition coefficient (Wildman–Crippen LogP) is 3.04. The van der Waals surface area contributed by atoms with Crippen LogP contribution in [0.1, 0.15) is 25.5 Å². The van der Waals surface area contributed by atoms with Gasteiger partial charge in [0, 0.05) is 18.2 Å². The third kappa shape index (κ3) is 5.96. The highest BCUT2D eigenvalue weighted by molar-refractivity contribution is 6.88. The number of anilines is 1. The zero-order chi connectivity index (χ0) is 18.7. The zero-order valence-electron chi connectivity index (χ0n) is 14.9. The summed E-state index contributed by atoms with van der Waals surface area (Å²) < 4.78 is 38.2. The quantitative estimate of drug-likeness (QED) is 0.455. The molecule has 0 aliphatic heterocycles. The van der Waals surface area contributed by atoms with Crippen molar-refractivity contribution in [2.75, 3.05) is 12.3 Å². The van der Waals surface area contributed by atoms with Crippen molar-refractivity contribution in [3.63, 3.8) is 0 Å². The Kier molecular flexibility index (Phi) is 8.04. The molecule has 0 saturated carbocycles. The van der Waals surface area contributed by atoms with Crippen molar-refractivity contribution in [3.05, 3.63) is 23.8 Å². The van der Waals surface area contributed by atoms with Crippen LogP contribution in [0.3, 0.4) is 0 Å². The first-order chi connectivity index (χ1) is 10.9. The van der Waals surface area contributed by atoms with E-state index < -0.39 is 32.0 Å². The molecule has 9 heteroatoms. The van der Waals surface area contributed by atoms with E-state index in [1.54, 1.807) is 6.07 Å². The van der Waals surface area contributed by atoms with Gasteiger partial charge in [0.15, 0.2) is 0 Å². The van der Waals surface area contributed by atoms with Gasteiger partial charge in [0.2, 0.25) is 6.10 Å². The molecule has 5 nitrogen and oxygen atoms in total. The second kappa shape index (κ2) is 8.62. The van der Waals surface area contributed by atoms with Crippen molar-refractivity contribution in [2.45, 2.75) is 45.5 Å². The molecule has 0 amide bonds. The summed E-state index contributed by atoms with van der Waals surface area (Å²) in [5, 5.41) is 0.814. The minimum atomic E-state index is -4.02. The first kappa shape index (κ1) is 23.3. The highest BCUT2D eigenvalue weighted by Crippen LogP contribution is 2.36. The maximum atomic E-state index is 14.5. The van der Waals surface area contributed by atoms with Gasteiger partial charge in [-0.05, 0) is 19.1 Å². The molecule has 0 heterocycles. The minimum absolute atomic E-state index is 0. The highest BCUT2D eigenvalue weighted by Gasteiger charge is 2.52. The summed E-state index contributed by atoms with van der Waals surface area (Å²) in [5.41, 5.74) is 6.06. The maximum Gasteiger partial charge on any atom is 0.382 e. The lowest BCUT2D eigenvalue weighted by atomic mass is 10.0. The maximum absolute atomic E-state index is 14.5. The summed E-state index contributed by atoms with van der Waals surface area (Å²) in [6.07, 6.45) is -2.09. The third-order valence-electron chi connectivity index (χ3n) is 3.31. The van der Waals surface area contributed by atoms with E-state index >= 15 is 0 Å². The molecule has 1 rings (SSSR count). The lowest BCUT2D eigenvalue weighted by molar-refractivity contribution is -0.198. The molecule has 1 aromatic carbocycles. The van der Waals surface area contributed by atoms with E-state index in [9.17, 15) is 18.4 Å². The molecule has 0 radical (unpaired) electrons. The molecule has 0 aromatic heterocycles. The van der Waals surface area contributed by atoms with Crippen LogP contribution in [-0.2, 0) is 19.1 Å². The molecular weight excluding hydrogens is 372 g/mol. The normalized spacial score (nSPS) is 12.8. The molecule has 0 fully saturated rings. The molecule has 1 atom stereocenters. The van der Waals surface area contributed by atoms with Crippen molar-refractivity contribution < 1.29 is 27.8 Å². The van der Waals surface area contributed by atoms with Crippen molar-refractivity contribution in [3.8, 4) is 0 Å². The molecule has 1 unspecified atom stereocenters. The van der Waals surface area contributed by atoms with E-state index in [0.29, 0.717) is 0 Å². The Balaban J connectivity index is 0.00000576. The Morgan fingerprint density at radius 2 is 1.80 bits per heavy atom. The standard InChI is InChI=1S/C16H23F2NO4Si.ClH/c1-6-22-15(21)16(17,18)14(23-10(2)20)11-7-12(19)9-13(8-11)24(3,4)5;/h7-9,14H,6,19H2,1-5H3;1H. The Morgan fingerprint density at radius 3 is 2.24 bits per heavy atom. The van der Waals surface area contributed by atoms with Gasteiger partial charge in [0.1, 0.15) is 0 Å². The van der Waals surface area contributed by atoms with Gasteiger partial charge in [-0.25, -0.2) is 4.79 Å². The number of halogens is 3. The SMILES string of the molecule is CCOC(=O)C(F)(F)C(OC(C)=O)c1cc(N)cc([Si](C)(C)C)c1.Cl. The van der Waals surface area contributed by atoms with Crippen LogP contribution in [0, 0.1) is 0 Å². The van der Waals surface area contributed by atoms with E-state index in [1.807, 2.05) is 19.6 Å². The van der Waals surface area contributed by atoms with Crippen LogP contribution in [0.2, 0.25) is 19.6 Å². The van der Waals surface area contributed by atoms with Crippen LogP contribution >= 0.6 is 12.4 Å². The summed E-state index contributed by atoms with van der Waals surface area (Å²) >= 11 is 0. The Bertz CT molecular complexity index is 635. The third-order valence-corrected chi connectivity index (χ3v) is 5.33. The lowest BCUT2D eigenvalue weighted by Crippen LogP contribution is -2.42. The molecule has 0 aliphatic rings. The van der Waals surface area contributed by atoms with E-state index in [0.717, 1.165) is 12.1 Å². The minimum Gasteiger partial charge on any atom is -0.461 e. The van der Waals surface area contributed by atoms with Gasteiger partial charge in [-0.2, -0.15) is 8.78 Å². The number of carbonyl (C=O) groups excluding carboxylic acids is 2. The molecule has 2 N–H and O–H groups in total. The molecule has 25 heavy (non-hydrogen) atoms. The van der Waals surface area contributed by atoms with Crippen LogP contribution < -0.4 is 10.9 Å². The molecule has 1 aromatic rings. The highest BCUT2D eigenvalue weighted by atomic mass is 35.5. The van der Waals surface area contributed by atoms with Crippen LogP contribution in [0.25, 0.3) is 0 Å². The van der Waals surface area contributed by atoms with E-state index in [2.05, 4.69) is 4.74 Å². The number of ether oxygens (including phenoxy) is 2. The van der Waals surface area contributed by atoms with Gasteiger partial charge in [-0.15, -0.1) is 12.4 Å². The molecule has 0 bridgehead atoms. The van der Waals surface area contributed by atoms with E-state index in [1.165, 1.54) is 19.1 Å². The number of hydrogen-bond acceptors (Lipinski definition) is 5. The predicted molar refractivity (Wildman–Crippen MR) is 97.2 cm³/mol. The monoisotopic (exact) mass is 395 g/mol. The number of carbonyl (C=O) groups is 2. The summed E-state index contributed by atoms with van der Waals surface area (Å²) in [6, 6.07) is 4.51. The fraction of sp³-hybridized carbons (Fsp3) is 0.500. The van der Waals surface area contributed by atoms with Gasteiger partial charge in [0.05, 0.1) is 14.7 Å². The molecule has 142 valence electrons. The van der Waals surface area contributed by atoms with Crippen molar-refractivity contribution in [2.24, 2.45) is 0 Å². The van der Waals surface area contributed by atoms with Gasteiger partial charge >= 0.3 is 17.9 Å². The average Bonchev–Trinajstić information content (AvgIpc) is 2.43. The number of esters is 2. The second-order valence-corrected chi connectivity index (χ2v) is 11.5. The number of benzene rings is 1. The molecular formula is C16H24ClF2NO4Si. The van der Waals surface area contributed by atoms with Crippen LogP contribution in [0.5, 0.6) is 0 Å². The van der Waals surface area contributed by atoms with Crippen molar-refractivity contribution in [1.29, 1.82) is 0 Å². The first-order valence-corrected chi connectivity index (χ1v) is 11.0. The average molecular weight is 396 g/mol. The fourth-order valence-electron chi connectivity index (χ4n) is 2.11. The van der Waals surface area contributed by atoms with Gasteiger partial charge in [-0.1, -0.05) is 30.9 Å². The van der Waals surface area contributed by atoms with E-state index in [4.69, 9.17) is 10.5 Å². The number of nitrogens with two attached hydrogens (primary N) is 1. The lowest BCUT2D eigenvalue weighted by Gasteiger charge is -2.27. The number of alkyl halides is 2. The summed E-state index contributed by atoms with van der Waals surface area (Å²) in [4.78, 5) is 22.9. The van der Waals surface area contributed by atoms with Gasteiger partial charge in [0.25, 0.3) is 0 Å². The smallest absolute Gasteiger partial charge is 0.382 e.